The average Bonchev–Trinajstić information content (AvgIpc) is 3.24. The number of carboxylic acids is 1. The van der Waals surface area contributed by atoms with Crippen molar-refractivity contribution in [2.45, 2.75) is 44.2 Å². The van der Waals surface area contributed by atoms with Gasteiger partial charge in [-0.3, -0.25) is 4.79 Å². The predicted octanol–water partition coefficient (Wildman–Crippen LogP) is 2.31. The lowest BCUT2D eigenvalue weighted by atomic mass is 10.0. The van der Waals surface area contributed by atoms with Gasteiger partial charge in [-0.25, -0.2) is 18.0 Å². The summed E-state index contributed by atoms with van der Waals surface area (Å²) in [7, 11) is 0. The van der Waals surface area contributed by atoms with Gasteiger partial charge < -0.3 is 20.3 Å². The molecule has 1 aliphatic carbocycles. The number of fused-ring (bicyclic) bond motifs is 1. The number of alkyl halides is 2. The van der Waals surface area contributed by atoms with E-state index < -0.39 is 46.7 Å². The predicted molar refractivity (Wildman–Crippen MR) is 98.1 cm³/mol. The number of nitrogens with two attached hydrogens (primary N) is 1. The van der Waals surface area contributed by atoms with Crippen molar-refractivity contribution in [3.63, 3.8) is 0 Å². The standard InChI is InChI=1S/C19H20F3N3O3/c1-8-15-9(3-12(21)16(8)24-6-14(22)19(2,23)7-24)17(26)10(18(27)28)5-25(15)13-4-11(13)20/h3,5,11,13-14H,4,6-7,23H2,1-2H3,(H,27,28). The Hall–Kier alpha value is -2.55. The monoisotopic (exact) mass is 395 g/mol. The number of nitrogens with zero attached hydrogens (tertiary/aromatic N) is 2. The Morgan fingerprint density at radius 3 is 2.54 bits per heavy atom. The Balaban J connectivity index is 1.99. The summed E-state index contributed by atoms with van der Waals surface area (Å²) in [6.07, 6.45) is -1.24. The van der Waals surface area contributed by atoms with Crippen LogP contribution in [0, 0.1) is 12.7 Å². The lowest BCUT2D eigenvalue weighted by molar-refractivity contribution is 0.0694. The van der Waals surface area contributed by atoms with Crippen molar-refractivity contribution >= 4 is 22.6 Å². The maximum absolute atomic E-state index is 15.0. The summed E-state index contributed by atoms with van der Waals surface area (Å²) >= 11 is 0. The highest BCUT2D eigenvalue weighted by Gasteiger charge is 2.43. The summed E-state index contributed by atoms with van der Waals surface area (Å²) in [5.74, 6) is -2.23. The third-order valence-corrected chi connectivity index (χ3v) is 5.69. The van der Waals surface area contributed by atoms with Crippen molar-refractivity contribution < 1.29 is 23.1 Å². The first-order valence-electron chi connectivity index (χ1n) is 8.96. The highest BCUT2D eigenvalue weighted by Crippen LogP contribution is 2.43. The Morgan fingerprint density at radius 2 is 2.04 bits per heavy atom. The molecule has 2 heterocycles. The van der Waals surface area contributed by atoms with Crippen LogP contribution >= 0.6 is 0 Å². The lowest BCUT2D eigenvalue weighted by Gasteiger charge is -2.25. The number of aromatic nitrogens is 1. The van der Waals surface area contributed by atoms with Crippen LogP contribution in [-0.4, -0.2) is 46.6 Å². The zero-order valence-corrected chi connectivity index (χ0v) is 15.4. The summed E-state index contributed by atoms with van der Waals surface area (Å²) in [4.78, 5) is 25.5. The van der Waals surface area contributed by atoms with Crippen LogP contribution < -0.4 is 16.1 Å². The number of hydrogen-bond donors (Lipinski definition) is 2. The van der Waals surface area contributed by atoms with Crippen LogP contribution in [0.15, 0.2) is 17.1 Å². The van der Waals surface area contributed by atoms with Gasteiger partial charge in [-0.15, -0.1) is 0 Å². The van der Waals surface area contributed by atoms with E-state index in [1.165, 1.54) is 9.47 Å². The molecule has 150 valence electrons. The molecule has 3 N–H and O–H groups in total. The molecular weight excluding hydrogens is 375 g/mol. The van der Waals surface area contributed by atoms with Gasteiger partial charge in [0, 0.05) is 24.5 Å². The van der Waals surface area contributed by atoms with Crippen molar-refractivity contribution in [1.29, 1.82) is 0 Å². The van der Waals surface area contributed by atoms with Crippen LogP contribution in [0.4, 0.5) is 18.9 Å². The van der Waals surface area contributed by atoms with Crippen LogP contribution in [0.5, 0.6) is 0 Å². The second-order valence-corrected chi connectivity index (χ2v) is 7.99. The van der Waals surface area contributed by atoms with Crippen molar-refractivity contribution in [2.75, 3.05) is 18.0 Å². The fourth-order valence-corrected chi connectivity index (χ4v) is 4.06. The Bertz CT molecular complexity index is 1070. The summed E-state index contributed by atoms with van der Waals surface area (Å²) in [5.41, 5.74) is 4.09. The molecule has 1 aromatic carbocycles. The van der Waals surface area contributed by atoms with Gasteiger partial charge in [0.2, 0.25) is 5.43 Å². The van der Waals surface area contributed by atoms with Crippen LogP contribution in [0.1, 0.15) is 35.3 Å². The van der Waals surface area contributed by atoms with Crippen molar-refractivity contribution in [3.8, 4) is 0 Å². The van der Waals surface area contributed by atoms with Crippen molar-refractivity contribution in [1.82, 2.24) is 4.57 Å². The van der Waals surface area contributed by atoms with Crippen LogP contribution in [0.25, 0.3) is 10.9 Å². The maximum Gasteiger partial charge on any atom is 0.341 e. The van der Waals surface area contributed by atoms with E-state index in [2.05, 4.69) is 0 Å². The average molecular weight is 395 g/mol. The minimum absolute atomic E-state index is 0.0735. The largest absolute Gasteiger partial charge is 0.477 e. The van der Waals surface area contributed by atoms with Gasteiger partial charge in [-0.2, -0.15) is 0 Å². The number of aromatic carboxylic acids is 1. The van der Waals surface area contributed by atoms with E-state index in [9.17, 15) is 27.9 Å². The van der Waals surface area contributed by atoms with E-state index in [0.29, 0.717) is 5.56 Å². The number of pyridine rings is 1. The van der Waals surface area contributed by atoms with Gasteiger partial charge in [0.05, 0.1) is 29.3 Å². The van der Waals surface area contributed by atoms with Gasteiger partial charge in [-0.05, 0) is 25.5 Å². The fourth-order valence-electron chi connectivity index (χ4n) is 4.06. The molecule has 0 bridgehead atoms. The Labute approximate surface area is 158 Å². The molecule has 6 nitrogen and oxygen atoms in total. The van der Waals surface area contributed by atoms with E-state index in [-0.39, 0.29) is 36.1 Å². The molecule has 4 unspecified atom stereocenters. The first-order valence-corrected chi connectivity index (χ1v) is 8.96. The molecule has 9 heteroatoms. The molecule has 1 aliphatic heterocycles. The van der Waals surface area contributed by atoms with E-state index in [1.807, 2.05) is 0 Å². The number of anilines is 1. The summed E-state index contributed by atoms with van der Waals surface area (Å²) in [6, 6.07) is 0.336. The number of carbonyl (C=O) groups is 1. The first kappa shape index (κ1) is 18.8. The molecule has 2 aromatic rings. The molecule has 0 amide bonds. The van der Waals surface area contributed by atoms with Gasteiger partial charge >= 0.3 is 5.97 Å². The van der Waals surface area contributed by atoms with Crippen LogP contribution in [0.3, 0.4) is 0 Å². The first-order chi connectivity index (χ1) is 13.0. The molecule has 4 atom stereocenters. The number of halogens is 3. The second-order valence-electron chi connectivity index (χ2n) is 7.99. The van der Waals surface area contributed by atoms with Gasteiger partial charge in [-0.1, -0.05) is 0 Å². The third kappa shape index (κ3) is 2.68. The molecule has 0 radical (unpaired) electrons. The molecular formula is C19H20F3N3O3. The van der Waals surface area contributed by atoms with E-state index in [0.717, 1.165) is 12.3 Å². The number of rotatable bonds is 3. The Morgan fingerprint density at radius 1 is 1.39 bits per heavy atom. The normalized spacial score (nSPS) is 29.5. The van der Waals surface area contributed by atoms with Crippen LogP contribution in [0.2, 0.25) is 0 Å². The zero-order chi connectivity index (χ0) is 20.5. The van der Waals surface area contributed by atoms with Crippen LogP contribution in [-0.2, 0) is 0 Å². The van der Waals surface area contributed by atoms with Gasteiger partial charge in [0.1, 0.15) is 23.7 Å². The molecule has 1 saturated carbocycles. The lowest BCUT2D eigenvalue weighted by Crippen LogP contribution is -2.45. The number of carboxylic acid groups (broad SMARTS) is 1. The van der Waals surface area contributed by atoms with Crippen molar-refractivity contribution in [2.24, 2.45) is 5.73 Å². The number of hydrogen-bond acceptors (Lipinski definition) is 4. The quantitative estimate of drug-likeness (QED) is 0.833. The fraction of sp³-hybridized carbons (Fsp3) is 0.474. The maximum atomic E-state index is 15.0. The minimum Gasteiger partial charge on any atom is -0.477 e. The smallest absolute Gasteiger partial charge is 0.341 e. The highest BCUT2D eigenvalue weighted by atomic mass is 19.1. The third-order valence-electron chi connectivity index (χ3n) is 5.69. The van der Waals surface area contributed by atoms with Gasteiger partial charge in [0.15, 0.2) is 0 Å². The topological polar surface area (TPSA) is 88.6 Å². The molecule has 1 aromatic heterocycles. The molecule has 1 saturated heterocycles. The SMILES string of the molecule is Cc1c(N2CC(F)C(C)(N)C2)c(F)cc2c(=O)c(C(=O)O)cn(C3CC3F)c12. The van der Waals surface area contributed by atoms with E-state index in [1.54, 1.807) is 13.8 Å². The van der Waals surface area contributed by atoms with E-state index >= 15 is 0 Å². The van der Waals surface area contributed by atoms with Gasteiger partial charge in [0.25, 0.3) is 0 Å². The number of aryl methyl sites for hydroxylation is 1. The Kier molecular flexibility index (Phi) is 4.01. The van der Waals surface area contributed by atoms with Crippen molar-refractivity contribution in [3.05, 3.63) is 39.4 Å². The number of benzene rings is 1. The molecule has 2 fully saturated rings. The summed E-state index contributed by atoms with van der Waals surface area (Å²) in [5, 5.41) is 9.17. The zero-order valence-electron chi connectivity index (χ0n) is 15.4. The second kappa shape index (κ2) is 5.97. The molecule has 0 spiro atoms. The summed E-state index contributed by atoms with van der Waals surface area (Å²) in [6.45, 7) is 3.07. The molecule has 2 aliphatic rings. The summed E-state index contributed by atoms with van der Waals surface area (Å²) < 4.78 is 44.4. The molecule has 4 rings (SSSR count). The van der Waals surface area contributed by atoms with E-state index in [4.69, 9.17) is 5.73 Å². The minimum atomic E-state index is -1.46. The highest BCUT2D eigenvalue weighted by molar-refractivity contribution is 5.95. The molecule has 28 heavy (non-hydrogen) atoms.